The lowest BCUT2D eigenvalue weighted by Gasteiger charge is -2.14. The molecule has 6 nitrogen and oxygen atoms in total. The number of anilines is 1. The van der Waals surface area contributed by atoms with Gasteiger partial charge in [0.15, 0.2) is 0 Å². The van der Waals surface area contributed by atoms with Crippen LogP contribution in [0.1, 0.15) is 5.89 Å². The normalized spacial score (nSPS) is 14.4. The van der Waals surface area contributed by atoms with E-state index in [1.807, 2.05) is 30.6 Å². The van der Waals surface area contributed by atoms with Crippen molar-refractivity contribution in [3.05, 3.63) is 30.2 Å². The molecule has 0 atom stereocenters. The number of benzene rings is 1. The fraction of sp³-hybridized carbons (Fsp3) is 0.250. The van der Waals surface area contributed by atoms with Gasteiger partial charge in [0, 0.05) is 17.8 Å². The van der Waals surface area contributed by atoms with Crippen molar-refractivity contribution in [3.63, 3.8) is 0 Å². The summed E-state index contributed by atoms with van der Waals surface area (Å²) in [6.07, 6.45) is 1.85. The first-order valence-corrected chi connectivity index (χ1v) is 5.76. The highest BCUT2D eigenvalue weighted by Crippen LogP contribution is 2.22. The third kappa shape index (κ3) is 1.98. The average molecular weight is 243 g/mol. The Morgan fingerprint density at radius 2 is 2.33 bits per heavy atom. The zero-order chi connectivity index (χ0) is 12.4. The van der Waals surface area contributed by atoms with Crippen LogP contribution in [0.2, 0.25) is 0 Å². The summed E-state index contributed by atoms with van der Waals surface area (Å²) in [5, 5.41) is 3.91. The largest absolute Gasteiger partial charge is 0.338 e. The van der Waals surface area contributed by atoms with Crippen molar-refractivity contribution >= 4 is 12.0 Å². The summed E-state index contributed by atoms with van der Waals surface area (Å²) in [6, 6.07) is 7.96. The van der Waals surface area contributed by atoms with Gasteiger partial charge in [-0.15, -0.1) is 0 Å². The number of hydrogen-bond acceptors (Lipinski definition) is 6. The molecular weight excluding hydrogens is 230 g/mol. The second-order valence-corrected chi connectivity index (χ2v) is 3.98. The minimum atomic E-state index is 0.255. The van der Waals surface area contributed by atoms with Crippen LogP contribution >= 0.6 is 0 Å². The molecule has 1 aliphatic rings. The van der Waals surface area contributed by atoms with E-state index in [2.05, 4.69) is 20.0 Å². The Morgan fingerprint density at radius 3 is 3.06 bits per heavy atom. The summed E-state index contributed by atoms with van der Waals surface area (Å²) in [7, 11) is 0. The molecule has 0 fully saturated rings. The summed E-state index contributed by atoms with van der Waals surface area (Å²) >= 11 is 0. The van der Waals surface area contributed by atoms with Crippen LogP contribution in [0.25, 0.3) is 11.4 Å². The molecule has 0 aliphatic carbocycles. The molecule has 18 heavy (non-hydrogen) atoms. The Bertz CT molecular complexity index is 577. The molecule has 6 heteroatoms. The molecule has 2 aromatic rings. The zero-order valence-electron chi connectivity index (χ0n) is 9.78. The second-order valence-electron chi connectivity index (χ2n) is 3.98. The molecular formula is C12H13N5O. The molecule has 0 amide bonds. The standard InChI is InChI=1S/C12H13N5O/c13-7-11-15-12(16-18-11)9-2-1-3-10(6-9)17-5-4-14-8-17/h1-3,6,8H,4-5,7,13H2. The number of nitrogens with two attached hydrogens (primary N) is 1. The van der Waals surface area contributed by atoms with Gasteiger partial charge in [-0.05, 0) is 12.1 Å². The molecule has 2 heterocycles. The maximum absolute atomic E-state index is 5.45. The smallest absolute Gasteiger partial charge is 0.240 e. The van der Waals surface area contributed by atoms with E-state index in [-0.39, 0.29) is 6.54 Å². The van der Waals surface area contributed by atoms with Crippen LogP contribution in [0.15, 0.2) is 33.8 Å². The Morgan fingerprint density at radius 1 is 1.39 bits per heavy atom. The molecule has 2 N–H and O–H groups in total. The molecule has 0 bridgehead atoms. The Hall–Kier alpha value is -2.21. The van der Waals surface area contributed by atoms with Gasteiger partial charge in [-0.3, -0.25) is 4.99 Å². The molecule has 0 radical (unpaired) electrons. The van der Waals surface area contributed by atoms with Crippen LogP contribution in [0.5, 0.6) is 0 Å². The SMILES string of the molecule is NCc1nc(-c2cccc(N3C=NCC3)c2)no1. The van der Waals surface area contributed by atoms with Gasteiger partial charge >= 0.3 is 0 Å². The first-order chi connectivity index (χ1) is 8.86. The molecule has 1 aliphatic heterocycles. The van der Waals surface area contributed by atoms with Gasteiger partial charge in [0.2, 0.25) is 11.7 Å². The molecule has 92 valence electrons. The van der Waals surface area contributed by atoms with Crippen molar-refractivity contribution in [3.8, 4) is 11.4 Å². The highest BCUT2D eigenvalue weighted by atomic mass is 16.5. The van der Waals surface area contributed by atoms with Crippen LogP contribution in [0.4, 0.5) is 5.69 Å². The topological polar surface area (TPSA) is 80.5 Å². The molecule has 0 spiro atoms. The quantitative estimate of drug-likeness (QED) is 0.871. The van der Waals surface area contributed by atoms with E-state index in [9.17, 15) is 0 Å². The Kier molecular flexibility index (Phi) is 2.77. The maximum atomic E-state index is 5.45. The van der Waals surface area contributed by atoms with E-state index >= 15 is 0 Å². The summed E-state index contributed by atoms with van der Waals surface area (Å²) in [5.41, 5.74) is 7.44. The number of aromatic nitrogens is 2. The van der Waals surface area contributed by atoms with Crippen molar-refractivity contribution in [2.75, 3.05) is 18.0 Å². The van der Waals surface area contributed by atoms with Crippen molar-refractivity contribution < 1.29 is 4.52 Å². The van der Waals surface area contributed by atoms with Crippen molar-refractivity contribution in [2.24, 2.45) is 10.7 Å². The minimum Gasteiger partial charge on any atom is -0.338 e. The first kappa shape index (κ1) is 10.9. The fourth-order valence-electron chi connectivity index (χ4n) is 1.85. The van der Waals surface area contributed by atoms with Gasteiger partial charge in [0.25, 0.3) is 0 Å². The number of rotatable bonds is 3. The molecule has 1 aromatic heterocycles. The Balaban J connectivity index is 1.92. The van der Waals surface area contributed by atoms with Crippen molar-refractivity contribution in [1.29, 1.82) is 0 Å². The lowest BCUT2D eigenvalue weighted by Crippen LogP contribution is -2.17. The van der Waals surface area contributed by atoms with Gasteiger partial charge in [0.05, 0.1) is 19.4 Å². The average Bonchev–Trinajstić information content (AvgIpc) is 3.10. The van der Waals surface area contributed by atoms with Crippen molar-refractivity contribution in [1.82, 2.24) is 10.1 Å². The van der Waals surface area contributed by atoms with E-state index in [4.69, 9.17) is 10.3 Å². The Labute approximate surface area is 104 Å². The predicted octanol–water partition coefficient (Wildman–Crippen LogP) is 1.04. The van der Waals surface area contributed by atoms with E-state index in [0.717, 1.165) is 24.3 Å². The van der Waals surface area contributed by atoms with Crippen LogP contribution in [0, 0.1) is 0 Å². The molecule has 3 rings (SSSR count). The first-order valence-electron chi connectivity index (χ1n) is 5.76. The molecule has 0 saturated heterocycles. The van der Waals surface area contributed by atoms with Crippen LogP contribution in [0.3, 0.4) is 0 Å². The monoisotopic (exact) mass is 243 g/mol. The zero-order valence-corrected chi connectivity index (χ0v) is 9.78. The lowest BCUT2D eigenvalue weighted by molar-refractivity contribution is 0.380. The molecule has 0 unspecified atom stereocenters. The highest BCUT2D eigenvalue weighted by Gasteiger charge is 2.11. The molecule has 0 saturated carbocycles. The van der Waals surface area contributed by atoms with E-state index in [0.29, 0.717) is 11.7 Å². The number of hydrogen-bond donors (Lipinski definition) is 1. The van der Waals surface area contributed by atoms with Crippen LogP contribution < -0.4 is 10.6 Å². The number of nitrogens with zero attached hydrogens (tertiary/aromatic N) is 4. The number of aliphatic imine (C=N–C) groups is 1. The highest BCUT2D eigenvalue weighted by molar-refractivity contribution is 5.82. The van der Waals surface area contributed by atoms with Crippen molar-refractivity contribution in [2.45, 2.75) is 6.54 Å². The second kappa shape index (κ2) is 4.58. The van der Waals surface area contributed by atoms with Gasteiger partial charge in [-0.1, -0.05) is 17.3 Å². The van der Waals surface area contributed by atoms with E-state index in [1.54, 1.807) is 0 Å². The van der Waals surface area contributed by atoms with Gasteiger partial charge in [-0.2, -0.15) is 4.98 Å². The minimum absolute atomic E-state index is 0.255. The third-order valence-electron chi connectivity index (χ3n) is 2.77. The molecule has 1 aromatic carbocycles. The van der Waals surface area contributed by atoms with Crippen LogP contribution in [-0.2, 0) is 6.54 Å². The van der Waals surface area contributed by atoms with E-state index in [1.165, 1.54) is 0 Å². The van der Waals surface area contributed by atoms with Gasteiger partial charge in [-0.25, -0.2) is 0 Å². The van der Waals surface area contributed by atoms with Crippen LogP contribution in [-0.4, -0.2) is 29.6 Å². The summed E-state index contributed by atoms with van der Waals surface area (Å²) in [4.78, 5) is 10.5. The summed E-state index contributed by atoms with van der Waals surface area (Å²) in [5.74, 6) is 1.01. The fourth-order valence-corrected chi connectivity index (χ4v) is 1.85. The third-order valence-corrected chi connectivity index (χ3v) is 2.77. The maximum Gasteiger partial charge on any atom is 0.240 e. The van der Waals surface area contributed by atoms with E-state index < -0.39 is 0 Å². The van der Waals surface area contributed by atoms with Gasteiger partial charge < -0.3 is 15.2 Å². The lowest BCUT2D eigenvalue weighted by atomic mass is 10.2. The predicted molar refractivity (Wildman–Crippen MR) is 68.3 cm³/mol. The summed E-state index contributed by atoms with van der Waals surface area (Å²) < 4.78 is 5.01. The van der Waals surface area contributed by atoms with Gasteiger partial charge in [0.1, 0.15) is 0 Å². The summed E-state index contributed by atoms with van der Waals surface area (Å²) in [6.45, 7) is 2.00.